The summed E-state index contributed by atoms with van der Waals surface area (Å²) in [7, 11) is 0. The predicted molar refractivity (Wildman–Crippen MR) is 84.5 cm³/mol. The molecule has 0 N–H and O–H groups in total. The second-order valence-corrected chi connectivity index (χ2v) is 5.71. The van der Waals surface area contributed by atoms with Crippen LogP contribution in [-0.4, -0.2) is 5.97 Å². The Hall–Kier alpha value is 0.846. The van der Waals surface area contributed by atoms with E-state index in [9.17, 15) is 9.90 Å². The minimum Gasteiger partial charge on any atom is -0.550 e. The molecular weight excluding hydrogens is 305 g/mol. The monoisotopic (exact) mass is 338 g/mol. The summed E-state index contributed by atoms with van der Waals surface area (Å²) >= 11 is 0. The van der Waals surface area contributed by atoms with E-state index in [1.807, 2.05) is 0 Å². The van der Waals surface area contributed by atoms with Crippen molar-refractivity contribution < 1.29 is 61.3 Å². The van der Waals surface area contributed by atoms with Crippen molar-refractivity contribution in [1.29, 1.82) is 0 Å². The van der Waals surface area contributed by atoms with Gasteiger partial charge in [0.05, 0.1) is 0 Å². The van der Waals surface area contributed by atoms with Crippen LogP contribution in [0.2, 0.25) is 0 Å². The summed E-state index contributed by atoms with van der Waals surface area (Å²) in [5, 5.41) is 10.2. The van der Waals surface area contributed by atoms with E-state index in [2.05, 4.69) is 19.1 Å². The second kappa shape index (κ2) is 20.8. The average Bonchev–Trinajstić information content (AvgIpc) is 2.43. The summed E-state index contributed by atoms with van der Waals surface area (Å²) in [5.74, 6) is -0.914. The smallest absolute Gasteiger partial charge is 0.550 e. The topological polar surface area (TPSA) is 40.1 Å². The largest absolute Gasteiger partial charge is 1.00 e. The maximum atomic E-state index is 10.2. The molecule has 0 heterocycles. The molecule has 0 atom stereocenters. The Kier molecular flexibility index (Phi) is 23.9. The molecule has 0 radical (unpaired) electrons. The molecule has 0 amide bonds. The van der Waals surface area contributed by atoms with Crippen molar-refractivity contribution in [3.05, 3.63) is 12.2 Å². The summed E-state index contributed by atoms with van der Waals surface area (Å²) in [6.45, 7) is 2.26. The van der Waals surface area contributed by atoms with Crippen molar-refractivity contribution >= 4 is 5.97 Å². The maximum Gasteiger partial charge on any atom is 1.00 e. The number of unbranched alkanes of at least 4 members (excludes halogenated alkanes) is 11. The molecule has 0 spiro atoms. The number of carbonyl (C=O) groups excluding carboxylic acids is 1. The summed E-state index contributed by atoms with van der Waals surface area (Å²) in [4.78, 5) is 10.2. The number of carboxylic acids is 1. The van der Waals surface area contributed by atoms with Gasteiger partial charge in [-0.3, -0.25) is 0 Å². The van der Waals surface area contributed by atoms with Gasteiger partial charge in [0.1, 0.15) is 0 Å². The van der Waals surface area contributed by atoms with E-state index in [0.29, 0.717) is 0 Å². The number of carboxylic acid groups (broad SMARTS) is 1. The molecule has 0 aliphatic heterocycles. The van der Waals surface area contributed by atoms with Gasteiger partial charge < -0.3 is 9.90 Å². The molecule has 0 rings (SSSR count). The van der Waals surface area contributed by atoms with E-state index in [4.69, 9.17) is 0 Å². The van der Waals surface area contributed by atoms with Crippen molar-refractivity contribution in [3.8, 4) is 0 Å². The number of aliphatic carboxylic acids is 1. The Morgan fingerprint density at radius 1 is 0.762 bits per heavy atom. The van der Waals surface area contributed by atoms with Crippen molar-refractivity contribution in [3.63, 3.8) is 0 Å². The van der Waals surface area contributed by atoms with Crippen LogP contribution in [0.5, 0.6) is 0 Å². The molecule has 0 aromatic carbocycles. The number of hydrogen-bond acceptors (Lipinski definition) is 2. The van der Waals surface area contributed by atoms with Gasteiger partial charge in [0.25, 0.3) is 0 Å². The Balaban J connectivity index is 0. The van der Waals surface area contributed by atoms with Crippen LogP contribution in [0.15, 0.2) is 12.2 Å². The van der Waals surface area contributed by atoms with Gasteiger partial charge in [0.2, 0.25) is 0 Å². The zero-order valence-corrected chi connectivity index (χ0v) is 17.5. The summed E-state index contributed by atoms with van der Waals surface area (Å²) < 4.78 is 0. The van der Waals surface area contributed by atoms with Crippen LogP contribution < -0.4 is 56.5 Å². The molecule has 118 valence electrons. The van der Waals surface area contributed by atoms with E-state index < -0.39 is 5.97 Å². The van der Waals surface area contributed by atoms with Crippen LogP contribution in [0.4, 0.5) is 0 Å². The Morgan fingerprint density at radius 3 is 1.67 bits per heavy atom. The second-order valence-electron chi connectivity index (χ2n) is 5.71. The van der Waals surface area contributed by atoms with Crippen LogP contribution >= 0.6 is 0 Å². The first-order valence-electron chi connectivity index (χ1n) is 8.62. The van der Waals surface area contributed by atoms with Crippen LogP contribution in [0, 0.1) is 0 Å². The molecule has 0 fully saturated rings. The zero-order chi connectivity index (χ0) is 14.9. The molecule has 0 bridgehead atoms. The van der Waals surface area contributed by atoms with Crippen LogP contribution in [0.25, 0.3) is 0 Å². The zero-order valence-electron chi connectivity index (χ0n) is 14.4. The molecule has 2 nitrogen and oxygen atoms in total. The van der Waals surface area contributed by atoms with Gasteiger partial charge >= 0.3 is 51.4 Å². The Labute approximate surface area is 174 Å². The maximum absolute atomic E-state index is 10.2. The molecule has 0 saturated carbocycles. The Morgan fingerprint density at radius 2 is 1.19 bits per heavy atom. The van der Waals surface area contributed by atoms with Gasteiger partial charge in [0, 0.05) is 5.97 Å². The number of carbonyl (C=O) groups is 1. The molecule has 0 aliphatic rings. The van der Waals surface area contributed by atoms with Crippen molar-refractivity contribution in [2.24, 2.45) is 0 Å². The van der Waals surface area contributed by atoms with E-state index in [0.717, 1.165) is 19.3 Å². The molecule has 3 heteroatoms. The molecule has 0 aliphatic carbocycles. The summed E-state index contributed by atoms with van der Waals surface area (Å²) in [5.41, 5.74) is 0. The summed E-state index contributed by atoms with van der Waals surface area (Å²) in [6.07, 6.45) is 20.9. The van der Waals surface area contributed by atoms with Crippen molar-refractivity contribution in [2.75, 3.05) is 0 Å². The minimum absolute atomic E-state index is 0. The SMILES string of the molecule is [13CH3][13CH2][13CH2][13CH2][13CH2][13CH2][13CH2][13CH2]/[13CH]=[13CH]/[13CH2][13CH2][13CH2][13CH2][13CH2][13CH2][13CH2][13C](=O)[O-].[K+]. The average molecular weight is 338 g/mol. The normalized spacial score (nSPS) is 10.7. The van der Waals surface area contributed by atoms with Crippen molar-refractivity contribution in [2.45, 2.75) is 96.8 Å². The van der Waals surface area contributed by atoms with Gasteiger partial charge in [-0.25, -0.2) is 0 Å². The van der Waals surface area contributed by atoms with Gasteiger partial charge in [-0.1, -0.05) is 70.4 Å². The third kappa shape index (κ3) is 23.2. The van der Waals surface area contributed by atoms with Crippen molar-refractivity contribution in [1.82, 2.24) is 0 Å². The van der Waals surface area contributed by atoms with E-state index in [-0.39, 0.29) is 57.8 Å². The fourth-order valence-corrected chi connectivity index (χ4v) is 2.34. The van der Waals surface area contributed by atoms with Gasteiger partial charge in [-0.15, -0.1) is 0 Å². The van der Waals surface area contributed by atoms with E-state index >= 15 is 0 Å². The first-order valence-corrected chi connectivity index (χ1v) is 8.62. The molecule has 0 unspecified atom stereocenters. The summed E-state index contributed by atoms with van der Waals surface area (Å²) in [6, 6.07) is 0. The minimum atomic E-state index is -0.914. The van der Waals surface area contributed by atoms with Crippen LogP contribution in [0.1, 0.15) is 96.8 Å². The molecular formula is C18H33KO2. The van der Waals surface area contributed by atoms with E-state index in [1.165, 1.54) is 64.2 Å². The quantitative estimate of drug-likeness (QED) is 0.198. The number of rotatable bonds is 15. The van der Waals surface area contributed by atoms with E-state index in [1.54, 1.807) is 0 Å². The van der Waals surface area contributed by atoms with Gasteiger partial charge in [-0.2, -0.15) is 0 Å². The van der Waals surface area contributed by atoms with Gasteiger partial charge in [-0.05, 0) is 38.5 Å². The third-order valence-corrected chi connectivity index (χ3v) is 3.64. The third-order valence-electron chi connectivity index (χ3n) is 3.64. The molecule has 0 aromatic rings. The van der Waals surface area contributed by atoms with Crippen LogP contribution in [-0.2, 0) is 4.79 Å². The number of hydrogen-bond donors (Lipinski definition) is 0. The Bertz CT molecular complexity index is 239. The molecule has 21 heavy (non-hydrogen) atoms. The fourth-order valence-electron chi connectivity index (χ4n) is 2.34. The fraction of sp³-hybridized carbons (Fsp3) is 0.833. The predicted octanol–water partition coefficient (Wildman–Crippen LogP) is 1.78. The first-order chi connectivity index (χ1) is 9.77. The molecule has 0 aromatic heterocycles. The van der Waals surface area contributed by atoms with Crippen LogP contribution in [0.3, 0.4) is 0 Å². The standard InChI is InChI=1S/C18H34O2.K/c1-2-3-4-5-6-7-8-9-10-11-12-13-14-15-16-17-18(19)20;/h9-10H,2-8,11-17H2,1H3,(H,19,20);/q;+1/p-1/b10-9+;/i1+1,2+1,3+1,4+1,5+1,6+1,7+1,8+1,9+1,10+1,11+1,12+1,13+1,14+1,15+1,16+1,17+1,18+1;. The van der Waals surface area contributed by atoms with Gasteiger partial charge in [0.15, 0.2) is 0 Å². The molecule has 0 saturated heterocycles. The first kappa shape index (κ1) is 24.1. The number of allylic oxidation sites excluding steroid dienone is 2.